The fourth-order valence-electron chi connectivity index (χ4n) is 4.35. The summed E-state index contributed by atoms with van der Waals surface area (Å²) in [6.45, 7) is 4.89. The van der Waals surface area contributed by atoms with Crippen molar-refractivity contribution in [3.8, 4) is 11.5 Å². The topological polar surface area (TPSA) is 105 Å². The summed E-state index contributed by atoms with van der Waals surface area (Å²) in [7, 11) is 0.102. The summed E-state index contributed by atoms with van der Waals surface area (Å²) in [4.78, 5) is 27.9. The van der Waals surface area contributed by atoms with Crippen molar-refractivity contribution < 1.29 is 27.5 Å². The van der Waals surface area contributed by atoms with Crippen LogP contribution < -0.4 is 19.1 Å². The molecule has 0 fully saturated rings. The summed E-state index contributed by atoms with van der Waals surface area (Å²) >= 11 is 3.44. The number of nitrogens with one attached hydrogen (secondary N) is 1. The molecule has 9 nitrogen and oxygen atoms in total. The number of anilines is 1. The Morgan fingerprint density at radius 1 is 0.950 bits per heavy atom. The molecule has 2 amide bonds. The molecule has 0 aliphatic carbocycles. The Labute approximate surface area is 244 Å². The minimum Gasteiger partial charge on any atom is -0.493 e. The predicted molar refractivity (Wildman–Crippen MR) is 158 cm³/mol. The molecule has 0 bridgehead atoms. The van der Waals surface area contributed by atoms with Crippen LogP contribution in [0.3, 0.4) is 0 Å². The summed E-state index contributed by atoms with van der Waals surface area (Å²) in [5, 5.41) is 2.58. The zero-order valence-electron chi connectivity index (χ0n) is 23.4. The second kappa shape index (κ2) is 13.2. The fourth-order valence-corrected chi connectivity index (χ4v) is 6.21. The Morgan fingerprint density at radius 2 is 1.60 bits per heavy atom. The van der Waals surface area contributed by atoms with Crippen LogP contribution in [0.25, 0.3) is 0 Å². The SMILES string of the molecule is CNC(=O)C(C)N(Cc1cccc(Br)c1)C(=O)CN(c1cc(C)cc(C)c1)S(=O)(=O)c1ccc(OC)c(OC)c1. The van der Waals surface area contributed by atoms with Crippen LogP contribution in [0.4, 0.5) is 5.69 Å². The van der Waals surface area contributed by atoms with Gasteiger partial charge in [-0.05, 0) is 73.9 Å². The van der Waals surface area contributed by atoms with Gasteiger partial charge in [0.15, 0.2) is 11.5 Å². The number of ether oxygens (including phenoxy) is 2. The number of benzene rings is 3. The van der Waals surface area contributed by atoms with Crippen molar-refractivity contribution in [2.45, 2.75) is 38.3 Å². The summed E-state index contributed by atoms with van der Waals surface area (Å²) in [5.74, 6) is -0.307. The third-order valence-corrected chi connectivity index (χ3v) is 8.64. The molecule has 0 spiro atoms. The van der Waals surface area contributed by atoms with Gasteiger partial charge in [0.1, 0.15) is 12.6 Å². The zero-order valence-corrected chi connectivity index (χ0v) is 25.8. The summed E-state index contributed by atoms with van der Waals surface area (Å²) in [6, 6.07) is 16.1. The number of carbonyl (C=O) groups excluding carboxylic acids is 2. The van der Waals surface area contributed by atoms with E-state index in [2.05, 4.69) is 21.2 Å². The fraction of sp³-hybridized carbons (Fsp3) is 0.310. The number of sulfonamides is 1. The van der Waals surface area contributed by atoms with E-state index in [0.29, 0.717) is 11.4 Å². The number of amides is 2. The van der Waals surface area contributed by atoms with Gasteiger partial charge in [-0.15, -0.1) is 0 Å². The average molecular weight is 633 g/mol. The van der Waals surface area contributed by atoms with Crippen LogP contribution >= 0.6 is 15.9 Å². The Bertz CT molecular complexity index is 1470. The first-order chi connectivity index (χ1) is 18.9. The Kier molecular flexibility index (Phi) is 10.2. The van der Waals surface area contributed by atoms with Crippen molar-refractivity contribution in [3.05, 3.63) is 81.8 Å². The van der Waals surface area contributed by atoms with E-state index >= 15 is 0 Å². The molecule has 0 aliphatic heterocycles. The van der Waals surface area contributed by atoms with Crippen molar-refractivity contribution in [2.24, 2.45) is 0 Å². The molecule has 40 heavy (non-hydrogen) atoms. The molecule has 214 valence electrons. The quantitative estimate of drug-likeness (QED) is 0.335. The molecular weight excluding hydrogens is 598 g/mol. The number of nitrogens with zero attached hydrogens (tertiary/aromatic N) is 2. The third kappa shape index (κ3) is 7.14. The lowest BCUT2D eigenvalue weighted by Crippen LogP contribution is -2.50. The molecule has 0 saturated heterocycles. The van der Waals surface area contributed by atoms with E-state index in [-0.39, 0.29) is 23.1 Å². The van der Waals surface area contributed by atoms with Gasteiger partial charge in [-0.3, -0.25) is 13.9 Å². The molecule has 0 radical (unpaired) electrons. The van der Waals surface area contributed by atoms with Crippen LogP contribution in [-0.2, 0) is 26.2 Å². The van der Waals surface area contributed by atoms with E-state index in [0.717, 1.165) is 25.5 Å². The maximum absolute atomic E-state index is 14.1. The molecule has 0 saturated carbocycles. The van der Waals surface area contributed by atoms with Crippen molar-refractivity contribution in [1.29, 1.82) is 0 Å². The highest BCUT2D eigenvalue weighted by Crippen LogP contribution is 2.33. The smallest absolute Gasteiger partial charge is 0.264 e. The number of hydrogen-bond acceptors (Lipinski definition) is 6. The van der Waals surface area contributed by atoms with Crippen molar-refractivity contribution in [3.63, 3.8) is 0 Å². The van der Waals surface area contributed by atoms with Crippen LogP contribution in [0, 0.1) is 13.8 Å². The molecule has 1 N–H and O–H groups in total. The van der Waals surface area contributed by atoms with Gasteiger partial charge in [0.25, 0.3) is 10.0 Å². The van der Waals surface area contributed by atoms with Crippen molar-refractivity contribution >= 4 is 43.5 Å². The molecule has 0 heterocycles. The van der Waals surface area contributed by atoms with E-state index in [9.17, 15) is 18.0 Å². The number of likely N-dealkylation sites (N-methyl/N-ethyl adjacent to an activating group) is 1. The van der Waals surface area contributed by atoms with E-state index in [4.69, 9.17) is 9.47 Å². The van der Waals surface area contributed by atoms with E-state index in [1.54, 1.807) is 19.1 Å². The van der Waals surface area contributed by atoms with Gasteiger partial charge in [0.2, 0.25) is 11.8 Å². The molecule has 1 unspecified atom stereocenters. The number of carbonyl (C=O) groups is 2. The van der Waals surface area contributed by atoms with Crippen molar-refractivity contribution in [1.82, 2.24) is 10.2 Å². The van der Waals surface area contributed by atoms with E-state index < -0.39 is 28.5 Å². The summed E-state index contributed by atoms with van der Waals surface area (Å²) < 4.78 is 40.7. The standard InChI is InChI=1S/C29H34BrN3O6S/c1-19-12-20(2)14-24(13-19)33(40(36,37)25-10-11-26(38-5)27(16-25)39-6)18-28(34)32(21(3)29(35)31-4)17-22-8-7-9-23(30)15-22/h7-16,21H,17-18H2,1-6H3,(H,31,35). The molecule has 11 heteroatoms. The molecular formula is C29H34BrN3O6S. The van der Waals surface area contributed by atoms with Gasteiger partial charge in [0.05, 0.1) is 24.8 Å². The third-order valence-electron chi connectivity index (χ3n) is 6.37. The predicted octanol–water partition coefficient (Wildman–Crippen LogP) is 4.44. The van der Waals surface area contributed by atoms with Crippen LogP contribution in [-0.4, -0.2) is 59.0 Å². The number of aryl methyl sites for hydroxylation is 2. The highest BCUT2D eigenvalue weighted by atomic mass is 79.9. The summed E-state index contributed by atoms with van der Waals surface area (Å²) in [5.41, 5.74) is 2.77. The number of hydrogen-bond donors (Lipinski definition) is 1. The number of halogens is 1. The average Bonchev–Trinajstić information content (AvgIpc) is 2.92. The van der Waals surface area contributed by atoms with E-state index in [1.807, 2.05) is 44.2 Å². The maximum Gasteiger partial charge on any atom is 0.264 e. The molecule has 0 aromatic heterocycles. The Hall–Kier alpha value is -3.57. The van der Waals surface area contributed by atoms with Gasteiger partial charge >= 0.3 is 0 Å². The lowest BCUT2D eigenvalue weighted by atomic mass is 10.1. The zero-order chi connectivity index (χ0) is 29.6. The molecule has 3 aromatic rings. The van der Waals surface area contributed by atoms with E-state index in [1.165, 1.54) is 44.4 Å². The highest BCUT2D eigenvalue weighted by Gasteiger charge is 2.33. The Morgan fingerprint density at radius 3 is 2.17 bits per heavy atom. The molecule has 1 atom stereocenters. The van der Waals surface area contributed by atoms with Crippen molar-refractivity contribution in [2.75, 3.05) is 32.1 Å². The Balaban J connectivity index is 2.11. The number of methoxy groups -OCH3 is 2. The lowest BCUT2D eigenvalue weighted by Gasteiger charge is -2.32. The first-order valence-electron chi connectivity index (χ1n) is 12.5. The van der Waals surface area contributed by atoms with Gasteiger partial charge in [-0.1, -0.05) is 34.1 Å². The molecule has 0 aliphatic rings. The second-order valence-corrected chi connectivity index (χ2v) is 12.1. The van der Waals surface area contributed by atoms with Crippen LogP contribution in [0.15, 0.2) is 70.0 Å². The van der Waals surface area contributed by atoms with Gasteiger partial charge in [0, 0.05) is 24.1 Å². The second-order valence-electron chi connectivity index (χ2n) is 9.32. The lowest BCUT2D eigenvalue weighted by molar-refractivity contribution is -0.139. The minimum atomic E-state index is -4.26. The largest absolute Gasteiger partial charge is 0.493 e. The monoisotopic (exact) mass is 631 g/mol. The van der Waals surface area contributed by atoms with Crippen LogP contribution in [0.2, 0.25) is 0 Å². The maximum atomic E-state index is 14.1. The van der Waals surface area contributed by atoms with Crippen LogP contribution in [0.1, 0.15) is 23.6 Å². The van der Waals surface area contributed by atoms with Gasteiger partial charge in [-0.2, -0.15) is 0 Å². The summed E-state index contributed by atoms with van der Waals surface area (Å²) in [6.07, 6.45) is 0. The van der Waals surface area contributed by atoms with Crippen LogP contribution in [0.5, 0.6) is 11.5 Å². The molecule has 3 aromatic carbocycles. The van der Waals surface area contributed by atoms with Gasteiger partial charge in [-0.25, -0.2) is 8.42 Å². The first kappa shape index (κ1) is 31.0. The normalized spacial score (nSPS) is 11.9. The first-order valence-corrected chi connectivity index (χ1v) is 14.7. The minimum absolute atomic E-state index is 0.0741. The van der Waals surface area contributed by atoms with Gasteiger partial charge < -0.3 is 19.7 Å². The highest BCUT2D eigenvalue weighted by molar-refractivity contribution is 9.10. The molecule has 3 rings (SSSR count). The number of rotatable bonds is 11.